The average Bonchev–Trinajstić information content (AvgIpc) is 1.60. The minimum atomic E-state index is -0.317. The molecule has 9 N–H and O–H groups in total. The molecule has 0 bridgehead atoms. The molecule has 27 heteroatoms. The van der Waals surface area contributed by atoms with Gasteiger partial charge in [0.1, 0.15) is 51.0 Å². The Bertz CT molecular complexity index is 5560. The quantitative estimate of drug-likeness (QED) is 0.0364. The Morgan fingerprint density at radius 1 is 0.420 bits per heavy atom. The number of ether oxygens (including phenoxy) is 4. The number of nitrogen functional groups attached to an aromatic ring is 3. The van der Waals surface area contributed by atoms with Crippen LogP contribution in [0.1, 0.15) is 50.2 Å². The molecular formula is C85H91N17O10. The normalized spacial score (nSPS) is 15.9. The molecule has 3 amide bonds. The summed E-state index contributed by atoms with van der Waals surface area (Å²) in [5.74, 6) is 5.02. The summed E-state index contributed by atoms with van der Waals surface area (Å²) in [6.45, 7) is 5.28. The number of aromatic nitrogens is 9. The molecule has 576 valence electrons. The van der Waals surface area contributed by atoms with Crippen molar-refractivity contribution in [1.29, 1.82) is 0 Å². The predicted octanol–water partition coefficient (Wildman–Crippen LogP) is 11.8. The van der Waals surface area contributed by atoms with Gasteiger partial charge in [0.2, 0.25) is 17.7 Å². The van der Waals surface area contributed by atoms with E-state index in [2.05, 4.69) is 30.6 Å². The van der Waals surface area contributed by atoms with Crippen LogP contribution in [0.15, 0.2) is 233 Å². The van der Waals surface area contributed by atoms with Crippen molar-refractivity contribution in [2.24, 2.45) is 0 Å². The number of nitrogens with zero attached hydrogens (tertiary/aromatic N) is 11. The van der Waals surface area contributed by atoms with Gasteiger partial charge in [0.15, 0.2) is 17.5 Å². The van der Waals surface area contributed by atoms with E-state index in [0.29, 0.717) is 109 Å². The highest BCUT2D eigenvalue weighted by Crippen LogP contribution is 2.41. The van der Waals surface area contributed by atoms with Crippen LogP contribution in [-0.2, 0) is 19.1 Å². The van der Waals surface area contributed by atoms with Crippen molar-refractivity contribution >= 4 is 67.9 Å². The van der Waals surface area contributed by atoms with Gasteiger partial charge in [-0.05, 0) is 150 Å². The van der Waals surface area contributed by atoms with Crippen LogP contribution in [0.5, 0.6) is 34.5 Å². The number of hydrogen-bond acceptors (Lipinski definition) is 18. The van der Waals surface area contributed by atoms with Crippen molar-refractivity contribution in [3.05, 3.63) is 250 Å². The van der Waals surface area contributed by atoms with E-state index in [9.17, 15) is 28.8 Å². The number of carbonyl (C=O) groups excluding carboxylic acids is 3. The van der Waals surface area contributed by atoms with Gasteiger partial charge in [-0.15, -0.1) is 0 Å². The van der Waals surface area contributed by atoms with Crippen molar-refractivity contribution in [2.45, 2.75) is 50.2 Å². The molecule has 3 fully saturated rings. The van der Waals surface area contributed by atoms with Crippen LogP contribution in [0.25, 0.3) is 66.1 Å². The summed E-state index contributed by atoms with van der Waals surface area (Å²) in [6.07, 6.45) is 20.2. The average molecular weight is 1510 g/mol. The standard InChI is InChI=1S/C29H32N6O3.C28H30N6O3.C28H29N5O4/c1-33(2)16-7-11-25(36)34-17-6-8-21(18-34)35-19-24(26-27(35)29(37)32-31-28(26)30)20-12-14-23(15-13-20)38-22-9-4-3-5-10-22;1-32(2)15-6-9-24(35)33-16-14-20(17-33)34-18-23(25-26(34)28(36)31-30-27(25)29)19-10-12-22(13-11-19)37-21-7-4-3-5-8-21;1-36-16-6-10-24(34)32-15-5-7-20(17-32)33-18-23(25-26(33)28(35)31-30-27(25)29)19-11-13-22(14-12-19)37-21-8-3-2-4-9-21/h3-5,7,9-15,19,21H,6,8,16-18H2,1-2H3,(H2,30,31)(H,32,37);3-13,18,20H,14-17H2,1-2H3,(H2,29,30)(H,31,36);2-4,6,8-14,18,20H,5,7,15-17H2,1H3,(H2,29,30)(H,31,35)/b11-7+;9-6+;10-6+/t;2*20-/m.11/s1. The van der Waals surface area contributed by atoms with E-state index < -0.39 is 0 Å². The van der Waals surface area contributed by atoms with Crippen molar-refractivity contribution in [3.8, 4) is 67.9 Å². The Hall–Kier alpha value is -13.1. The number of rotatable bonds is 21. The summed E-state index contributed by atoms with van der Waals surface area (Å²) in [4.78, 5) is 86.6. The summed E-state index contributed by atoms with van der Waals surface area (Å²) < 4.78 is 28.6. The number of para-hydroxylation sites is 3. The highest BCUT2D eigenvalue weighted by Gasteiger charge is 2.32. The van der Waals surface area contributed by atoms with Gasteiger partial charge in [-0.25, -0.2) is 15.3 Å². The highest BCUT2D eigenvalue weighted by molar-refractivity contribution is 6.04. The molecule has 112 heavy (non-hydrogen) atoms. The van der Waals surface area contributed by atoms with Crippen LogP contribution in [0.3, 0.4) is 0 Å². The molecule has 15 rings (SSSR count). The highest BCUT2D eigenvalue weighted by atomic mass is 16.5. The molecule has 9 heterocycles. The van der Waals surface area contributed by atoms with E-state index in [1.165, 1.54) is 0 Å². The van der Waals surface area contributed by atoms with Crippen molar-refractivity contribution in [1.82, 2.24) is 68.8 Å². The van der Waals surface area contributed by atoms with E-state index in [1.54, 1.807) is 36.3 Å². The number of anilines is 3. The second-order valence-corrected chi connectivity index (χ2v) is 28.2. The SMILES string of the molecule is CN(C)C/C=C/C(=O)N1CCCC(n2cc(-c3ccc(Oc4ccccc4)cc3)c3c(N)n[nH]c(=O)c32)C1.CN(C)C/C=C/C(=O)N1CC[C@@H](n2cc(-c3ccc(Oc4ccccc4)cc3)c3c(N)n[nH]c(=O)c32)C1.COC/C=C/C(=O)N1CCC[C@@H](n2cc(-c3ccc(Oc4ccccc4)cc3)c3c(N)n[nH]c(=O)c32)C1. The number of amides is 3. The Morgan fingerprint density at radius 2 is 0.714 bits per heavy atom. The number of methoxy groups -OCH3 is 1. The Labute approximate surface area is 646 Å². The maximum Gasteiger partial charge on any atom is 0.288 e. The number of nitrogens with two attached hydrogens (primary N) is 3. The number of likely N-dealkylation sites (tertiary alicyclic amines) is 3. The fraction of sp³-hybridized carbons (Fsp3) is 0.259. The molecular weight excluding hydrogens is 1420 g/mol. The van der Waals surface area contributed by atoms with Crippen LogP contribution in [0.4, 0.5) is 17.5 Å². The minimum Gasteiger partial charge on any atom is -0.457 e. The number of nitrogens with one attached hydrogen (secondary N) is 3. The number of likely N-dealkylation sites (N-methyl/N-ethyl adjacent to an activating group) is 2. The van der Waals surface area contributed by atoms with Gasteiger partial charge in [-0.2, -0.15) is 15.3 Å². The smallest absolute Gasteiger partial charge is 0.288 e. The zero-order valence-corrected chi connectivity index (χ0v) is 63.2. The molecule has 27 nitrogen and oxygen atoms in total. The van der Waals surface area contributed by atoms with Gasteiger partial charge in [0, 0.05) is 113 Å². The van der Waals surface area contributed by atoms with Crippen molar-refractivity contribution in [3.63, 3.8) is 0 Å². The predicted molar refractivity (Wildman–Crippen MR) is 436 cm³/mol. The van der Waals surface area contributed by atoms with Gasteiger partial charge in [0.05, 0.1) is 40.9 Å². The molecule has 3 aliphatic heterocycles. The summed E-state index contributed by atoms with van der Waals surface area (Å²) in [5, 5.41) is 21.5. The number of carbonyl (C=O) groups is 3. The Morgan fingerprint density at radius 3 is 1.03 bits per heavy atom. The van der Waals surface area contributed by atoms with E-state index in [1.807, 2.05) is 256 Å². The first-order valence-corrected chi connectivity index (χ1v) is 37.2. The maximum absolute atomic E-state index is 13.0. The molecule has 0 spiro atoms. The molecule has 3 saturated heterocycles. The lowest BCUT2D eigenvalue weighted by molar-refractivity contribution is -0.128. The van der Waals surface area contributed by atoms with Gasteiger partial charge >= 0.3 is 0 Å². The van der Waals surface area contributed by atoms with E-state index in [4.69, 9.17) is 36.1 Å². The number of H-pyrrole nitrogens is 3. The second kappa shape index (κ2) is 35.5. The first kappa shape index (κ1) is 77.1. The maximum atomic E-state index is 13.0. The van der Waals surface area contributed by atoms with Crippen molar-refractivity contribution < 1.29 is 33.3 Å². The molecule has 3 atom stereocenters. The number of benzene rings is 6. The molecule has 0 aliphatic carbocycles. The van der Waals surface area contributed by atoms with E-state index >= 15 is 0 Å². The van der Waals surface area contributed by atoms with Gasteiger partial charge in [-0.1, -0.05) is 109 Å². The van der Waals surface area contributed by atoms with Crippen LogP contribution >= 0.6 is 0 Å². The summed E-state index contributed by atoms with van der Waals surface area (Å²) >= 11 is 0. The first-order chi connectivity index (χ1) is 54.3. The number of piperidine rings is 2. The number of aromatic amines is 3. The number of fused-ring (bicyclic) bond motifs is 3. The molecule has 0 saturated carbocycles. The van der Waals surface area contributed by atoms with E-state index in [-0.39, 0.29) is 70.0 Å². The van der Waals surface area contributed by atoms with Crippen LogP contribution in [0.2, 0.25) is 0 Å². The third kappa shape index (κ3) is 18.1. The Kier molecular flexibility index (Phi) is 24.4. The largest absolute Gasteiger partial charge is 0.457 e. The van der Waals surface area contributed by atoms with Crippen molar-refractivity contribution in [2.75, 3.05) is 111 Å². The monoisotopic (exact) mass is 1510 g/mol. The summed E-state index contributed by atoms with van der Waals surface area (Å²) in [5.41, 5.74) is 24.4. The fourth-order valence-electron chi connectivity index (χ4n) is 14.4. The lowest BCUT2D eigenvalue weighted by Gasteiger charge is -2.33. The topological polar surface area (TPSA) is 334 Å². The number of hydrogen-bond donors (Lipinski definition) is 6. The van der Waals surface area contributed by atoms with E-state index in [0.717, 1.165) is 82.7 Å². The third-order valence-electron chi connectivity index (χ3n) is 19.8. The third-order valence-corrected chi connectivity index (χ3v) is 19.8. The minimum absolute atomic E-state index is 0.0164. The molecule has 6 aromatic carbocycles. The van der Waals surface area contributed by atoms with Crippen LogP contribution in [0, 0.1) is 0 Å². The zero-order chi connectivity index (χ0) is 78.4. The fourth-order valence-corrected chi connectivity index (χ4v) is 14.4. The van der Waals surface area contributed by atoms with Gasteiger partial charge < -0.3 is 74.3 Å². The van der Waals surface area contributed by atoms with Crippen LogP contribution in [-0.4, -0.2) is 181 Å². The zero-order valence-electron chi connectivity index (χ0n) is 63.2. The Balaban J connectivity index is 0.000000147. The first-order valence-electron chi connectivity index (χ1n) is 37.2. The van der Waals surface area contributed by atoms with Gasteiger partial charge in [-0.3, -0.25) is 28.8 Å². The van der Waals surface area contributed by atoms with Gasteiger partial charge in [0.25, 0.3) is 16.7 Å². The summed E-state index contributed by atoms with van der Waals surface area (Å²) in [6, 6.07) is 51.5. The molecule has 1 unspecified atom stereocenters. The molecule has 12 aromatic rings. The summed E-state index contributed by atoms with van der Waals surface area (Å²) in [7, 11) is 9.42. The molecule has 3 aliphatic rings. The second-order valence-electron chi connectivity index (χ2n) is 28.2. The molecule has 0 radical (unpaired) electrons. The lowest BCUT2D eigenvalue weighted by atomic mass is 10.1. The van der Waals surface area contributed by atoms with Crippen LogP contribution < -0.4 is 48.1 Å². The lowest BCUT2D eigenvalue weighted by Crippen LogP contribution is -2.40. The molecule has 6 aromatic heterocycles.